The SMILES string of the molecule is CCCOc1cnc2ccc(B3OC(C)(C)C(C)(C)O3)cc2c1. The molecule has 122 valence electrons. The molecule has 0 N–H and O–H groups in total. The van der Waals surface area contributed by atoms with Crippen molar-refractivity contribution in [3.63, 3.8) is 0 Å². The van der Waals surface area contributed by atoms with Crippen molar-refractivity contribution in [2.24, 2.45) is 0 Å². The summed E-state index contributed by atoms with van der Waals surface area (Å²) in [5, 5.41) is 1.03. The van der Waals surface area contributed by atoms with Crippen LogP contribution < -0.4 is 10.2 Å². The zero-order valence-corrected chi connectivity index (χ0v) is 14.6. The number of nitrogens with zero attached hydrogens (tertiary/aromatic N) is 1. The third-order valence-corrected chi connectivity index (χ3v) is 4.68. The summed E-state index contributed by atoms with van der Waals surface area (Å²) in [6.07, 6.45) is 2.75. The van der Waals surface area contributed by atoms with Crippen LogP contribution in [0.1, 0.15) is 41.0 Å². The maximum absolute atomic E-state index is 6.12. The van der Waals surface area contributed by atoms with E-state index in [1.54, 1.807) is 6.20 Å². The highest BCUT2D eigenvalue weighted by Crippen LogP contribution is 2.36. The Morgan fingerprint density at radius 3 is 2.43 bits per heavy atom. The van der Waals surface area contributed by atoms with Crippen LogP contribution in [-0.4, -0.2) is 29.9 Å². The van der Waals surface area contributed by atoms with E-state index in [-0.39, 0.29) is 18.3 Å². The molecule has 0 saturated carbocycles. The van der Waals surface area contributed by atoms with E-state index in [4.69, 9.17) is 14.0 Å². The summed E-state index contributed by atoms with van der Waals surface area (Å²) in [7, 11) is -0.357. The summed E-state index contributed by atoms with van der Waals surface area (Å²) in [5.41, 5.74) is 1.27. The Balaban J connectivity index is 1.90. The molecule has 4 nitrogen and oxygen atoms in total. The van der Waals surface area contributed by atoms with E-state index in [0.717, 1.165) is 28.5 Å². The third-order valence-electron chi connectivity index (χ3n) is 4.68. The number of rotatable bonds is 4. The van der Waals surface area contributed by atoms with Crippen molar-refractivity contribution in [1.82, 2.24) is 4.98 Å². The molecule has 1 aliphatic rings. The van der Waals surface area contributed by atoms with Crippen molar-refractivity contribution in [2.75, 3.05) is 6.61 Å². The normalized spacial score (nSPS) is 19.3. The molecule has 2 aromatic rings. The van der Waals surface area contributed by atoms with Gasteiger partial charge in [0.25, 0.3) is 0 Å². The summed E-state index contributed by atoms with van der Waals surface area (Å²) < 4.78 is 17.9. The predicted molar refractivity (Wildman–Crippen MR) is 93.2 cm³/mol. The smallest absolute Gasteiger partial charge is 0.492 e. The number of hydrogen-bond acceptors (Lipinski definition) is 4. The predicted octanol–water partition coefficient (Wildman–Crippen LogP) is 3.32. The van der Waals surface area contributed by atoms with Crippen LogP contribution in [0.5, 0.6) is 5.75 Å². The van der Waals surface area contributed by atoms with E-state index >= 15 is 0 Å². The monoisotopic (exact) mass is 313 g/mol. The molecule has 0 radical (unpaired) electrons. The molecule has 0 atom stereocenters. The van der Waals surface area contributed by atoms with Gasteiger partial charge < -0.3 is 14.0 Å². The first-order chi connectivity index (χ1) is 10.8. The van der Waals surface area contributed by atoms with Gasteiger partial charge in [-0.15, -0.1) is 0 Å². The number of pyridine rings is 1. The zero-order chi connectivity index (χ0) is 16.7. The molecular weight excluding hydrogens is 289 g/mol. The van der Waals surface area contributed by atoms with E-state index in [1.165, 1.54) is 0 Å². The molecule has 1 aromatic carbocycles. The highest BCUT2D eigenvalue weighted by atomic mass is 16.7. The highest BCUT2D eigenvalue weighted by Gasteiger charge is 2.51. The van der Waals surface area contributed by atoms with E-state index in [0.29, 0.717) is 6.61 Å². The van der Waals surface area contributed by atoms with Crippen LogP contribution in [0.25, 0.3) is 10.9 Å². The molecule has 1 aliphatic heterocycles. The van der Waals surface area contributed by atoms with Crippen molar-refractivity contribution >= 4 is 23.5 Å². The van der Waals surface area contributed by atoms with Crippen LogP contribution in [-0.2, 0) is 9.31 Å². The minimum atomic E-state index is -0.357. The molecule has 1 fully saturated rings. The number of fused-ring (bicyclic) bond motifs is 1. The Morgan fingerprint density at radius 2 is 1.78 bits per heavy atom. The van der Waals surface area contributed by atoms with Crippen LogP contribution in [0.15, 0.2) is 30.5 Å². The maximum atomic E-state index is 6.12. The van der Waals surface area contributed by atoms with Crippen LogP contribution >= 0.6 is 0 Å². The minimum Gasteiger partial charge on any atom is -0.492 e. The lowest BCUT2D eigenvalue weighted by Gasteiger charge is -2.32. The molecular formula is C18H24BNO3. The molecule has 23 heavy (non-hydrogen) atoms. The van der Waals surface area contributed by atoms with Gasteiger partial charge in [-0.1, -0.05) is 19.1 Å². The first-order valence-corrected chi connectivity index (χ1v) is 8.20. The largest absolute Gasteiger partial charge is 0.494 e. The van der Waals surface area contributed by atoms with Gasteiger partial charge in [0.1, 0.15) is 5.75 Å². The van der Waals surface area contributed by atoms with Crippen molar-refractivity contribution in [3.8, 4) is 5.75 Å². The van der Waals surface area contributed by atoms with Crippen LogP contribution in [0.2, 0.25) is 0 Å². The maximum Gasteiger partial charge on any atom is 0.494 e. The third kappa shape index (κ3) is 3.08. The second-order valence-electron chi connectivity index (χ2n) is 7.06. The van der Waals surface area contributed by atoms with Crippen molar-refractivity contribution < 1.29 is 14.0 Å². The van der Waals surface area contributed by atoms with Gasteiger partial charge in [-0.2, -0.15) is 0 Å². The molecule has 2 heterocycles. The minimum absolute atomic E-state index is 0.336. The molecule has 1 saturated heterocycles. The number of hydrogen-bond donors (Lipinski definition) is 0. The lowest BCUT2D eigenvalue weighted by molar-refractivity contribution is 0.00578. The average molecular weight is 313 g/mol. The fourth-order valence-corrected chi connectivity index (χ4v) is 2.55. The lowest BCUT2D eigenvalue weighted by Crippen LogP contribution is -2.41. The second-order valence-corrected chi connectivity index (χ2v) is 7.06. The van der Waals surface area contributed by atoms with Gasteiger partial charge >= 0.3 is 7.12 Å². The van der Waals surface area contributed by atoms with Crippen LogP contribution in [0.4, 0.5) is 0 Å². The van der Waals surface area contributed by atoms with E-state index in [2.05, 4.69) is 45.7 Å². The summed E-state index contributed by atoms with van der Waals surface area (Å²) in [6.45, 7) is 11.0. The highest BCUT2D eigenvalue weighted by molar-refractivity contribution is 6.62. The van der Waals surface area contributed by atoms with Gasteiger partial charge in [-0.3, -0.25) is 4.98 Å². The van der Waals surface area contributed by atoms with Gasteiger partial charge in [0.05, 0.1) is 29.5 Å². The Bertz CT molecular complexity index is 698. The molecule has 1 aromatic heterocycles. The standard InChI is InChI=1S/C18H24BNO3/c1-6-9-21-15-11-13-10-14(7-8-16(13)20-12-15)19-22-17(2,3)18(4,5)23-19/h7-8,10-12H,6,9H2,1-5H3. The molecule has 0 bridgehead atoms. The van der Waals surface area contributed by atoms with E-state index < -0.39 is 0 Å². The molecule has 3 rings (SSSR count). The zero-order valence-electron chi connectivity index (χ0n) is 14.6. The van der Waals surface area contributed by atoms with Crippen LogP contribution in [0.3, 0.4) is 0 Å². The van der Waals surface area contributed by atoms with Crippen molar-refractivity contribution in [3.05, 3.63) is 30.5 Å². The molecule has 0 unspecified atom stereocenters. The van der Waals surface area contributed by atoms with Crippen molar-refractivity contribution in [2.45, 2.75) is 52.2 Å². The Kier molecular flexibility index (Phi) is 4.11. The fraction of sp³-hybridized carbons (Fsp3) is 0.500. The average Bonchev–Trinajstić information content (AvgIpc) is 2.72. The number of benzene rings is 1. The summed E-state index contributed by atoms with van der Waals surface area (Å²) in [5.74, 6) is 0.797. The topological polar surface area (TPSA) is 40.6 Å². The van der Waals surface area contributed by atoms with E-state index in [1.807, 2.05) is 18.2 Å². The lowest BCUT2D eigenvalue weighted by atomic mass is 9.78. The summed E-state index contributed by atoms with van der Waals surface area (Å²) in [6, 6.07) is 8.11. The Labute approximate surface area is 138 Å². The van der Waals surface area contributed by atoms with Crippen LogP contribution in [0, 0.1) is 0 Å². The van der Waals surface area contributed by atoms with Gasteiger partial charge in [0.2, 0.25) is 0 Å². The first kappa shape index (κ1) is 16.3. The molecule has 5 heteroatoms. The van der Waals surface area contributed by atoms with E-state index in [9.17, 15) is 0 Å². The summed E-state index contributed by atoms with van der Waals surface area (Å²) in [4.78, 5) is 4.45. The molecule has 0 aliphatic carbocycles. The molecule has 0 amide bonds. The first-order valence-electron chi connectivity index (χ1n) is 8.20. The second kappa shape index (κ2) is 5.80. The molecule has 0 spiro atoms. The fourth-order valence-electron chi connectivity index (χ4n) is 2.55. The van der Waals surface area contributed by atoms with Gasteiger partial charge in [0.15, 0.2) is 0 Å². The number of ether oxygens (including phenoxy) is 1. The Morgan fingerprint density at radius 1 is 1.09 bits per heavy atom. The number of aromatic nitrogens is 1. The Hall–Kier alpha value is -1.59. The van der Waals surface area contributed by atoms with Gasteiger partial charge in [-0.25, -0.2) is 0 Å². The van der Waals surface area contributed by atoms with Crippen molar-refractivity contribution in [1.29, 1.82) is 0 Å². The van der Waals surface area contributed by atoms with Gasteiger partial charge in [-0.05, 0) is 51.7 Å². The summed E-state index contributed by atoms with van der Waals surface area (Å²) >= 11 is 0. The van der Waals surface area contributed by atoms with Gasteiger partial charge in [0, 0.05) is 5.39 Å². The quantitative estimate of drug-likeness (QED) is 0.812.